The van der Waals surface area contributed by atoms with Crippen LogP contribution in [0.3, 0.4) is 0 Å². The van der Waals surface area contributed by atoms with E-state index in [0.717, 1.165) is 11.1 Å². The van der Waals surface area contributed by atoms with Gasteiger partial charge in [0.05, 0.1) is 31.9 Å². The molecule has 0 aromatic heterocycles. The lowest BCUT2D eigenvalue weighted by molar-refractivity contribution is -0.123. The van der Waals surface area contributed by atoms with E-state index in [1.54, 1.807) is 42.2 Å². The zero-order valence-electron chi connectivity index (χ0n) is 23.5. The molecule has 1 N–H and O–H groups in total. The predicted molar refractivity (Wildman–Crippen MR) is 157 cm³/mol. The molecule has 9 nitrogen and oxygen atoms in total. The summed E-state index contributed by atoms with van der Waals surface area (Å²) >= 11 is 6.26. The monoisotopic (exact) mass is 576 g/mol. The normalized spacial score (nSPS) is 18.7. The molecule has 10 heteroatoms. The number of benzene rings is 3. The van der Waals surface area contributed by atoms with Crippen molar-refractivity contribution < 1.29 is 23.8 Å². The van der Waals surface area contributed by atoms with Gasteiger partial charge in [-0.25, -0.2) is 4.79 Å². The third-order valence-electron chi connectivity index (χ3n) is 7.04. The van der Waals surface area contributed by atoms with E-state index in [1.165, 1.54) is 0 Å². The topological polar surface area (TPSA) is 92.7 Å². The second-order valence-corrected chi connectivity index (χ2v) is 10.6. The Labute approximate surface area is 244 Å². The van der Waals surface area contributed by atoms with Gasteiger partial charge in [0.1, 0.15) is 35.7 Å². The molecule has 2 atom stereocenters. The van der Waals surface area contributed by atoms with Gasteiger partial charge >= 0.3 is 6.03 Å². The Kier molecular flexibility index (Phi) is 8.35. The Hall–Kier alpha value is -4.24. The van der Waals surface area contributed by atoms with Crippen LogP contribution in [0.1, 0.15) is 42.6 Å². The van der Waals surface area contributed by atoms with E-state index >= 15 is 0 Å². The van der Waals surface area contributed by atoms with Crippen LogP contribution in [0.15, 0.2) is 71.7 Å². The van der Waals surface area contributed by atoms with E-state index in [4.69, 9.17) is 30.8 Å². The van der Waals surface area contributed by atoms with Crippen molar-refractivity contribution in [2.45, 2.75) is 32.0 Å². The largest absolute Gasteiger partial charge is 0.497 e. The SMILES string of the molecule is COc1ccc(C2N=C(c3ccc(OC)cc3OC(C)C)N(C(=O)N3CCNC(=O)C3)C2c2ccc(Cl)cc2)cc1. The lowest BCUT2D eigenvalue weighted by Crippen LogP contribution is -2.55. The molecule has 2 aliphatic heterocycles. The molecule has 0 bridgehead atoms. The number of methoxy groups -OCH3 is 2. The molecule has 3 aromatic carbocycles. The van der Waals surface area contributed by atoms with E-state index in [9.17, 15) is 9.59 Å². The highest BCUT2D eigenvalue weighted by Crippen LogP contribution is 2.46. The summed E-state index contributed by atoms with van der Waals surface area (Å²) in [5.41, 5.74) is 2.39. The molecule has 2 unspecified atom stereocenters. The van der Waals surface area contributed by atoms with Crippen LogP contribution in [0.2, 0.25) is 5.02 Å². The molecule has 41 heavy (non-hydrogen) atoms. The number of hydrogen-bond acceptors (Lipinski definition) is 6. The number of urea groups is 1. The zero-order valence-corrected chi connectivity index (χ0v) is 24.2. The summed E-state index contributed by atoms with van der Waals surface area (Å²) in [5.74, 6) is 2.12. The van der Waals surface area contributed by atoms with Gasteiger partial charge < -0.3 is 24.4 Å². The molecular weight excluding hydrogens is 544 g/mol. The first-order valence-corrected chi connectivity index (χ1v) is 13.8. The number of rotatable bonds is 7. The van der Waals surface area contributed by atoms with Crippen LogP contribution in [-0.2, 0) is 4.79 Å². The van der Waals surface area contributed by atoms with Crippen LogP contribution >= 0.6 is 11.6 Å². The van der Waals surface area contributed by atoms with Gasteiger partial charge in [0.25, 0.3) is 0 Å². The molecule has 214 valence electrons. The Morgan fingerprint density at radius 1 is 0.976 bits per heavy atom. The van der Waals surface area contributed by atoms with Gasteiger partial charge in [0.15, 0.2) is 0 Å². The second-order valence-electron chi connectivity index (χ2n) is 10.1. The summed E-state index contributed by atoms with van der Waals surface area (Å²) in [5, 5.41) is 3.38. The Bertz CT molecular complexity index is 1440. The number of nitrogens with one attached hydrogen (secondary N) is 1. The summed E-state index contributed by atoms with van der Waals surface area (Å²) in [6.07, 6.45) is -0.137. The van der Waals surface area contributed by atoms with Crippen LogP contribution in [0.5, 0.6) is 17.2 Å². The summed E-state index contributed by atoms with van der Waals surface area (Å²) < 4.78 is 17.1. The Balaban J connectivity index is 1.70. The fraction of sp³-hybridized carbons (Fsp3) is 0.323. The molecular formula is C31H33ClN4O5. The highest BCUT2D eigenvalue weighted by molar-refractivity contribution is 6.30. The molecule has 1 fully saturated rings. The molecule has 2 aliphatic rings. The fourth-order valence-electron chi connectivity index (χ4n) is 5.12. The van der Waals surface area contributed by atoms with Crippen molar-refractivity contribution in [1.82, 2.24) is 15.1 Å². The van der Waals surface area contributed by atoms with Gasteiger partial charge in [0, 0.05) is 24.2 Å². The van der Waals surface area contributed by atoms with E-state index < -0.39 is 12.1 Å². The zero-order chi connectivity index (χ0) is 29.1. The number of amidine groups is 1. The molecule has 0 saturated carbocycles. The first-order chi connectivity index (χ1) is 19.8. The summed E-state index contributed by atoms with van der Waals surface area (Å²) in [7, 11) is 3.21. The number of carbonyl (C=O) groups is 2. The van der Waals surface area contributed by atoms with Crippen molar-refractivity contribution in [2.24, 2.45) is 4.99 Å². The minimum absolute atomic E-state index is 0.0406. The summed E-state index contributed by atoms with van der Waals surface area (Å²) in [4.78, 5) is 35.2. The third-order valence-corrected chi connectivity index (χ3v) is 7.29. The van der Waals surface area contributed by atoms with Crippen molar-refractivity contribution in [3.05, 3.63) is 88.4 Å². The van der Waals surface area contributed by atoms with Crippen molar-refractivity contribution in [3.8, 4) is 17.2 Å². The van der Waals surface area contributed by atoms with Gasteiger partial charge in [0.2, 0.25) is 5.91 Å². The maximum atomic E-state index is 14.4. The highest BCUT2D eigenvalue weighted by atomic mass is 35.5. The van der Waals surface area contributed by atoms with Crippen molar-refractivity contribution in [2.75, 3.05) is 33.9 Å². The molecule has 0 radical (unpaired) electrons. The van der Waals surface area contributed by atoms with E-state index in [2.05, 4.69) is 5.32 Å². The number of piperazine rings is 1. The molecule has 3 aromatic rings. The Morgan fingerprint density at radius 2 is 1.63 bits per heavy atom. The number of ether oxygens (including phenoxy) is 3. The van der Waals surface area contributed by atoms with Gasteiger partial charge in [-0.3, -0.25) is 14.7 Å². The quantitative estimate of drug-likeness (QED) is 0.415. The number of nitrogens with zero attached hydrogens (tertiary/aromatic N) is 3. The van der Waals surface area contributed by atoms with Gasteiger partial charge in [-0.05, 0) is 61.4 Å². The van der Waals surface area contributed by atoms with E-state index in [0.29, 0.717) is 46.8 Å². The number of amides is 3. The number of halogens is 1. The third kappa shape index (κ3) is 5.95. The average Bonchev–Trinajstić information content (AvgIpc) is 3.37. The maximum Gasteiger partial charge on any atom is 0.326 e. The predicted octanol–water partition coefficient (Wildman–Crippen LogP) is 5.24. The van der Waals surface area contributed by atoms with Crippen LogP contribution in [-0.4, -0.2) is 67.5 Å². The van der Waals surface area contributed by atoms with Crippen LogP contribution in [0.25, 0.3) is 0 Å². The molecule has 0 aliphatic carbocycles. The standard InChI is InChI=1S/C31H33ClN4O5/c1-19(2)41-26-17-24(40-4)13-14-25(26)30-34-28(20-7-11-23(39-3)12-8-20)29(21-5-9-22(32)10-6-21)36(30)31(38)35-16-15-33-27(37)18-35/h5-14,17,19,28-29H,15-16,18H2,1-4H3,(H,33,37). The minimum atomic E-state index is -0.526. The van der Waals surface area contributed by atoms with Crippen LogP contribution < -0.4 is 19.5 Å². The lowest BCUT2D eigenvalue weighted by Gasteiger charge is -2.36. The van der Waals surface area contributed by atoms with Crippen molar-refractivity contribution in [3.63, 3.8) is 0 Å². The minimum Gasteiger partial charge on any atom is -0.497 e. The summed E-state index contributed by atoms with van der Waals surface area (Å²) in [6.45, 7) is 4.59. The van der Waals surface area contributed by atoms with Crippen LogP contribution in [0, 0.1) is 0 Å². The fourth-order valence-corrected chi connectivity index (χ4v) is 5.24. The molecule has 0 spiro atoms. The van der Waals surface area contributed by atoms with E-state index in [1.807, 2.05) is 62.4 Å². The van der Waals surface area contributed by atoms with Gasteiger partial charge in [-0.1, -0.05) is 35.9 Å². The summed E-state index contributed by atoms with van der Waals surface area (Å²) in [6, 6.07) is 19.3. The number of aliphatic imine (C=N–C) groups is 1. The molecule has 5 rings (SSSR count). The van der Waals surface area contributed by atoms with E-state index in [-0.39, 0.29) is 24.6 Å². The first kappa shape index (κ1) is 28.3. The van der Waals surface area contributed by atoms with Crippen LogP contribution in [0.4, 0.5) is 4.79 Å². The van der Waals surface area contributed by atoms with Crippen molar-refractivity contribution >= 4 is 29.4 Å². The highest BCUT2D eigenvalue weighted by Gasteiger charge is 2.45. The Morgan fingerprint density at radius 3 is 2.27 bits per heavy atom. The lowest BCUT2D eigenvalue weighted by atomic mass is 9.93. The number of carbonyl (C=O) groups excluding carboxylic acids is 2. The number of hydrogen-bond donors (Lipinski definition) is 1. The molecule has 2 heterocycles. The molecule has 3 amide bonds. The second kappa shape index (κ2) is 12.1. The maximum absolute atomic E-state index is 14.4. The first-order valence-electron chi connectivity index (χ1n) is 13.5. The average molecular weight is 577 g/mol. The molecule has 1 saturated heterocycles. The van der Waals surface area contributed by atoms with Crippen molar-refractivity contribution in [1.29, 1.82) is 0 Å². The van der Waals surface area contributed by atoms with Gasteiger partial charge in [-0.2, -0.15) is 0 Å². The smallest absolute Gasteiger partial charge is 0.326 e. The van der Waals surface area contributed by atoms with Gasteiger partial charge in [-0.15, -0.1) is 0 Å².